The van der Waals surface area contributed by atoms with Crippen LogP contribution in [0.5, 0.6) is 0 Å². The van der Waals surface area contributed by atoms with Gasteiger partial charge in [0.05, 0.1) is 17.8 Å². The number of rotatable bonds is 3. The summed E-state index contributed by atoms with van der Waals surface area (Å²) in [7, 11) is 0. The molecule has 126 valence electrons. The van der Waals surface area contributed by atoms with Gasteiger partial charge in [-0.2, -0.15) is 0 Å². The minimum Gasteiger partial charge on any atom is -0.452 e. The minimum absolute atomic E-state index is 0.0000102. The lowest BCUT2D eigenvalue weighted by Crippen LogP contribution is -2.49. The van der Waals surface area contributed by atoms with Crippen molar-refractivity contribution in [1.29, 1.82) is 0 Å². The van der Waals surface area contributed by atoms with Gasteiger partial charge in [-0.3, -0.25) is 4.79 Å². The van der Waals surface area contributed by atoms with Gasteiger partial charge in [0.15, 0.2) is 6.61 Å². The van der Waals surface area contributed by atoms with Crippen LogP contribution in [-0.2, 0) is 14.3 Å². The molecule has 0 saturated carbocycles. The monoisotopic (exact) mass is 319 g/mol. The van der Waals surface area contributed by atoms with Crippen LogP contribution in [0, 0.1) is 20.8 Å². The number of carbonyl (C=O) groups excluding carboxylic acids is 2. The third-order valence-electron chi connectivity index (χ3n) is 3.98. The fourth-order valence-corrected chi connectivity index (χ4v) is 3.17. The Morgan fingerprint density at radius 1 is 1.13 bits per heavy atom. The van der Waals surface area contributed by atoms with Crippen molar-refractivity contribution in [1.82, 2.24) is 4.90 Å². The van der Waals surface area contributed by atoms with Gasteiger partial charge in [-0.05, 0) is 45.7 Å². The molecule has 1 amide bonds. The molecule has 5 heteroatoms. The second-order valence-corrected chi connectivity index (χ2v) is 6.41. The number of aryl methyl sites for hydroxylation is 3. The van der Waals surface area contributed by atoms with E-state index in [0.717, 1.165) is 16.7 Å². The zero-order valence-electron chi connectivity index (χ0n) is 14.5. The van der Waals surface area contributed by atoms with E-state index in [9.17, 15) is 9.59 Å². The van der Waals surface area contributed by atoms with E-state index in [1.54, 1.807) is 4.90 Å². The van der Waals surface area contributed by atoms with Crippen LogP contribution in [0.25, 0.3) is 0 Å². The molecule has 0 aliphatic carbocycles. The fourth-order valence-electron chi connectivity index (χ4n) is 3.17. The first-order chi connectivity index (χ1) is 10.8. The van der Waals surface area contributed by atoms with Gasteiger partial charge in [-0.15, -0.1) is 0 Å². The smallest absolute Gasteiger partial charge is 0.339 e. The van der Waals surface area contributed by atoms with Crippen molar-refractivity contribution in [2.24, 2.45) is 0 Å². The zero-order chi connectivity index (χ0) is 17.1. The summed E-state index contributed by atoms with van der Waals surface area (Å²) >= 11 is 0. The van der Waals surface area contributed by atoms with Crippen LogP contribution in [0.15, 0.2) is 12.1 Å². The van der Waals surface area contributed by atoms with E-state index < -0.39 is 5.97 Å². The molecule has 1 fully saturated rings. The van der Waals surface area contributed by atoms with Gasteiger partial charge in [0.25, 0.3) is 5.91 Å². The number of nitrogens with zero attached hydrogens (tertiary/aromatic N) is 1. The molecule has 5 nitrogen and oxygen atoms in total. The van der Waals surface area contributed by atoms with Gasteiger partial charge < -0.3 is 14.4 Å². The number of hydrogen-bond acceptors (Lipinski definition) is 4. The average molecular weight is 319 g/mol. The summed E-state index contributed by atoms with van der Waals surface area (Å²) in [6, 6.07) is 3.88. The minimum atomic E-state index is -0.442. The van der Waals surface area contributed by atoms with Gasteiger partial charge in [-0.1, -0.05) is 17.7 Å². The highest BCUT2D eigenvalue weighted by molar-refractivity contribution is 5.94. The van der Waals surface area contributed by atoms with Gasteiger partial charge in [0, 0.05) is 13.1 Å². The van der Waals surface area contributed by atoms with Crippen LogP contribution in [0.1, 0.15) is 40.9 Å². The molecule has 1 aromatic rings. The van der Waals surface area contributed by atoms with Crippen LogP contribution < -0.4 is 0 Å². The summed E-state index contributed by atoms with van der Waals surface area (Å²) in [5.74, 6) is -0.620. The van der Waals surface area contributed by atoms with Crippen molar-refractivity contribution in [3.8, 4) is 0 Å². The van der Waals surface area contributed by atoms with E-state index in [4.69, 9.17) is 9.47 Å². The Morgan fingerprint density at radius 3 is 2.17 bits per heavy atom. The molecule has 0 unspecified atom stereocenters. The number of morpholine rings is 1. The third-order valence-corrected chi connectivity index (χ3v) is 3.98. The van der Waals surface area contributed by atoms with Crippen LogP contribution in [0.3, 0.4) is 0 Å². The topological polar surface area (TPSA) is 55.8 Å². The predicted octanol–water partition coefficient (Wildman–Crippen LogP) is 2.40. The number of ether oxygens (including phenoxy) is 2. The highest BCUT2D eigenvalue weighted by Gasteiger charge is 2.26. The molecule has 1 aliphatic rings. The largest absolute Gasteiger partial charge is 0.452 e. The number of esters is 1. The van der Waals surface area contributed by atoms with Crippen molar-refractivity contribution in [2.75, 3.05) is 19.7 Å². The lowest BCUT2D eigenvalue weighted by Gasteiger charge is -2.35. The second-order valence-electron chi connectivity index (χ2n) is 6.41. The Labute approximate surface area is 137 Å². The van der Waals surface area contributed by atoms with E-state index in [1.807, 2.05) is 46.8 Å². The Morgan fingerprint density at radius 2 is 1.65 bits per heavy atom. The quantitative estimate of drug-likeness (QED) is 0.803. The molecule has 0 bridgehead atoms. The summed E-state index contributed by atoms with van der Waals surface area (Å²) in [4.78, 5) is 26.2. The van der Waals surface area contributed by atoms with Crippen molar-refractivity contribution in [3.05, 3.63) is 34.4 Å². The van der Waals surface area contributed by atoms with E-state index in [1.165, 1.54) is 0 Å². The molecule has 1 aromatic carbocycles. The molecule has 0 aromatic heterocycles. The first kappa shape index (κ1) is 17.5. The summed E-state index contributed by atoms with van der Waals surface area (Å²) in [5.41, 5.74) is 3.39. The maximum atomic E-state index is 12.3. The normalized spacial score (nSPS) is 21.2. The van der Waals surface area contributed by atoms with Gasteiger partial charge >= 0.3 is 5.97 Å². The van der Waals surface area contributed by atoms with Crippen LogP contribution >= 0.6 is 0 Å². The summed E-state index contributed by atoms with van der Waals surface area (Å²) in [6.07, 6.45) is -0.0000204. The van der Waals surface area contributed by atoms with Gasteiger partial charge in [0.1, 0.15) is 0 Å². The Kier molecular flexibility index (Phi) is 5.42. The summed E-state index contributed by atoms with van der Waals surface area (Å²) in [6.45, 7) is 10.4. The van der Waals surface area contributed by atoms with Crippen molar-refractivity contribution in [2.45, 2.75) is 46.8 Å². The summed E-state index contributed by atoms with van der Waals surface area (Å²) < 4.78 is 10.8. The van der Waals surface area contributed by atoms with Crippen molar-refractivity contribution in [3.63, 3.8) is 0 Å². The standard InChI is InChI=1S/C18H25NO4/c1-11-6-12(2)17(13(3)7-11)18(21)22-10-16(20)19-8-14(4)23-15(5)9-19/h6-7,14-15H,8-10H2,1-5H3/t14-,15-/m0/s1. The maximum absolute atomic E-state index is 12.3. The van der Waals surface area contributed by atoms with Crippen molar-refractivity contribution >= 4 is 11.9 Å². The molecule has 0 radical (unpaired) electrons. The highest BCUT2D eigenvalue weighted by atomic mass is 16.5. The lowest BCUT2D eigenvalue weighted by molar-refractivity contribution is -0.146. The van der Waals surface area contributed by atoms with E-state index in [0.29, 0.717) is 18.7 Å². The molecule has 1 aliphatic heterocycles. The Balaban J connectivity index is 1.98. The molecule has 1 heterocycles. The van der Waals surface area contributed by atoms with E-state index in [2.05, 4.69) is 0 Å². The zero-order valence-corrected chi connectivity index (χ0v) is 14.5. The molecule has 23 heavy (non-hydrogen) atoms. The first-order valence-electron chi connectivity index (χ1n) is 7.96. The molecular formula is C18H25NO4. The summed E-state index contributed by atoms with van der Waals surface area (Å²) in [5, 5.41) is 0. The Bertz CT molecular complexity index is 578. The first-order valence-corrected chi connectivity index (χ1v) is 7.96. The van der Waals surface area contributed by atoms with Crippen LogP contribution in [0.4, 0.5) is 0 Å². The van der Waals surface area contributed by atoms with Crippen molar-refractivity contribution < 1.29 is 19.1 Å². The predicted molar refractivity (Wildman–Crippen MR) is 87.5 cm³/mol. The van der Waals surface area contributed by atoms with Gasteiger partial charge in [0.2, 0.25) is 0 Å². The Hall–Kier alpha value is -1.88. The lowest BCUT2D eigenvalue weighted by atomic mass is 10.00. The third kappa shape index (κ3) is 4.32. The van der Waals surface area contributed by atoms with E-state index in [-0.39, 0.29) is 24.7 Å². The second kappa shape index (κ2) is 7.13. The molecule has 2 rings (SSSR count). The SMILES string of the molecule is Cc1cc(C)c(C(=O)OCC(=O)N2C[C@H](C)O[C@@H](C)C2)c(C)c1. The number of hydrogen-bond donors (Lipinski definition) is 0. The molecule has 1 saturated heterocycles. The van der Waals surface area contributed by atoms with Crippen LogP contribution in [-0.4, -0.2) is 48.7 Å². The number of benzene rings is 1. The fraction of sp³-hybridized carbons (Fsp3) is 0.556. The molecule has 2 atom stereocenters. The number of amides is 1. The molecule has 0 N–H and O–H groups in total. The average Bonchev–Trinajstić information content (AvgIpc) is 2.42. The van der Waals surface area contributed by atoms with E-state index >= 15 is 0 Å². The molecular weight excluding hydrogens is 294 g/mol. The van der Waals surface area contributed by atoms with Gasteiger partial charge in [-0.25, -0.2) is 4.79 Å². The van der Waals surface area contributed by atoms with Crippen LogP contribution in [0.2, 0.25) is 0 Å². The number of carbonyl (C=O) groups is 2. The highest BCUT2D eigenvalue weighted by Crippen LogP contribution is 2.18. The maximum Gasteiger partial charge on any atom is 0.339 e. The molecule has 0 spiro atoms.